The van der Waals surface area contributed by atoms with Crippen molar-refractivity contribution in [3.05, 3.63) is 53.6 Å². The molecule has 21 heavy (non-hydrogen) atoms. The van der Waals surface area contributed by atoms with Crippen LogP contribution >= 0.6 is 0 Å². The number of rotatable bonds is 7. The average Bonchev–Trinajstić information content (AvgIpc) is 2.46. The van der Waals surface area contributed by atoms with Crippen LogP contribution < -0.4 is 5.73 Å². The molecule has 0 saturated carbocycles. The number of hydrogen-bond acceptors (Lipinski definition) is 4. The summed E-state index contributed by atoms with van der Waals surface area (Å²) in [6, 6.07) is 6.76. The molecule has 0 saturated heterocycles. The van der Waals surface area contributed by atoms with Crippen molar-refractivity contribution in [2.45, 2.75) is 19.4 Å². The van der Waals surface area contributed by atoms with Gasteiger partial charge in [-0.25, -0.2) is 4.79 Å². The summed E-state index contributed by atoms with van der Waals surface area (Å²) in [6.07, 6.45) is 1.18. The summed E-state index contributed by atoms with van der Waals surface area (Å²) in [5.41, 5.74) is 15.8. The van der Waals surface area contributed by atoms with E-state index in [0.29, 0.717) is 0 Å². The van der Waals surface area contributed by atoms with Crippen LogP contribution in [0.3, 0.4) is 0 Å². The van der Waals surface area contributed by atoms with Gasteiger partial charge >= 0.3 is 11.7 Å². The summed E-state index contributed by atoms with van der Waals surface area (Å²) < 4.78 is 4.67. The lowest BCUT2D eigenvalue weighted by atomic mass is 9.96. The molecule has 2 N–H and O–H groups in total. The van der Waals surface area contributed by atoms with Gasteiger partial charge in [0, 0.05) is 12.5 Å². The number of Topliss-reactive ketones (excluding diaryl/α,β-unsaturated/α-hetero) is 1. The summed E-state index contributed by atoms with van der Waals surface area (Å²) in [5, 5.41) is 0. The summed E-state index contributed by atoms with van der Waals surface area (Å²) in [5.74, 6) is -1.68. The molecular formula is C15H17N3O3. The van der Waals surface area contributed by atoms with Crippen LogP contribution in [-0.2, 0) is 14.3 Å². The Morgan fingerprint density at radius 1 is 1.48 bits per heavy atom. The van der Waals surface area contributed by atoms with Crippen LogP contribution in [0.1, 0.15) is 23.6 Å². The number of ether oxygens (including phenoxy) is 1. The molecule has 6 heteroatoms. The highest BCUT2D eigenvalue weighted by Crippen LogP contribution is 2.18. The molecule has 1 atom stereocenters. The number of hydrogen-bond donors (Lipinski definition) is 1. The Morgan fingerprint density at radius 2 is 2.14 bits per heavy atom. The second kappa shape index (κ2) is 7.89. The Kier molecular flexibility index (Phi) is 6.20. The molecule has 0 aliphatic rings. The first-order valence-corrected chi connectivity index (χ1v) is 6.35. The fourth-order valence-electron chi connectivity index (χ4n) is 1.82. The second-order valence-corrected chi connectivity index (χ2v) is 4.43. The van der Waals surface area contributed by atoms with Crippen molar-refractivity contribution in [2.75, 3.05) is 6.61 Å². The third-order valence-electron chi connectivity index (χ3n) is 2.88. The van der Waals surface area contributed by atoms with Gasteiger partial charge in [0.05, 0.1) is 0 Å². The summed E-state index contributed by atoms with van der Waals surface area (Å²) >= 11 is 0. The summed E-state index contributed by atoms with van der Waals surface area (Å²) in [4.78, 5) is 26.2. The van der Waals surface area contributed by atoms with E-state index < -0.39 is 23.5 Å². The molecule has 0 spiro atoms. The highest BCUT2D eigenvalue weighted by Gasteiger charge is 2.32. The SMILES string of the molecule is C=CCOC(=O)C(=[N+]=[N-])C(=O)C[C@@H](N)c1ccccc1C. The van der Waals surface area contributed by atoms with Crippen LogP contribution in [0.15, 0.2) is 36.9 Å². The van der Waals surface area contributed by atoms with Crippen molar-refractivity contribution in [3.8, 4) is 0 Å². The van der Waals surface area contributed by atoms with E-state index in [1.807, 2.05) is 25.1 Å². The first kappa shape index (κ1) is 16.5. The topological polar surface area (TPSA) is 106 Å². The maximum absolute atomic E-state index is 12.0. The largest absolute Gasteiger partial charge is 0.453 e. The number of esters is 1. The Bertz CT molecular complexity index is 604. The Hall–Kier alpha value is -2.56. The molecular weight excluding hydrogens is 270 g/mol. The average molecular weight is 287 g/mol. The van der Waals surface area contributed by atoms with Gasteiger partial charge in [0.1, 0.15) is 6.61 Å². The molecule has 1 rings (SSSR count). The molecule has 1 aromatic carbocycles. The van der Waals surface area contributed by atoms with E-state index in [2.05, 4.69) is 16.1 Å². The first-order valence-electron chi connectivity index (χ1n) is 6.35. The molecule has 0 aliphatic carbocycles. The monoisotopic (exact) mass is 287 g/mol. The quantitative estimate of drug-likeness (QED) is 0.204. The molecule has 0 fully saturated rings. The lowest BCUT2D eigenvalue weighted by Crippen LogP contribution is -2.30. The van der Waals surface area contributed by atoms with E-state index in [-0.39, 0.29) is 13.0 Å². The molecule has 6 nitrogen and oxygen atoms in total. The van der Waals surface area contributed by atoms with Crippen LogP contribution in [0.5, 0.6) is 0 Å². The number of ketones is 1. The van der Waals surface area contributed by atoms with E-state index in [9.17, 15) is 9.59 Å². The normalized spacial score (nSPS) is 11.1. The van der Waals surface area contributed by atoms with Gasteiger partial charge in [-0.3, -0.25) is 4.79 Å². The lowest BCUT2D eigenvalue weighted by Gasteiger charge is -2.12. The number of carbonyl (C=O) groups is 2. The zero-order valence-electron chi connectivity index (χ0n) is 11.8. The summed E-state index contributed by atoms with van der Waals surface area (Å²) in [7, 11) is 0. The maximum Gasteiger partial charge on any atom is 0.441 e. The van der Waals surface area contributed by atoms with Crippen molar-refractivity contribution < 1.29 is 19.1 Å². The third kappa shape index (κ3) is 4.49. The fourth-order valence-corrected chi connectivity index (χ4v) is 1.82. The zero-order valence-corrected chi connectivity index (χ0v) is 11.8. The van der Waals surface area contributed by atoms with Gasteiger partial charge in [-0.2, -0.15) is 4.79 Å². The van der Waals surface area contributed by atoms with E-state index in [1.54, 1.807) is 6.07 Å². The molecule has 0 bridgehead atoms. The van der Waals surface area contributed by atoms with Crippen molar-refractivity contribution >= 4 is 17.5 Å². The maximum atomic E-state index is 12.0. The van der Waals surface area contributed by atoms with Crippen molar-refractivity contribution in [1.29, 1.82) is 0 Å². The number of nitrogens with two attached hydrogens (primary N) is 1. The molecule has 0 amide bonds. The molecule has 0 aliphatic heterocycles. The van der Waals surface area contributed by atoms with Gasteiger partial charge in [-0.05, 0) is 18.1 Å². The molecule has 0 heterocycles. The number of aryl methyl sites for hydroxylation is 1. The Morgan fingerprint density at radius 3 is 2.71 bits per heavy atom. The molecule has 0 radical (unpaired) electrons. The molecule has 0 aromatic heterocycles. The predicted molar refractivity (Wildman–Crippen MR) is 77.5 cm³/mol. The number of carbonyl (C=O) groups excluding carboxylic acids is 2. The van der Waals surface area contributed by atoms with Gasteiger partial charge in [0.15, 0.2) is 0 Å². The van der Waals surface area contributed by atoms with Gasteiger partial charge in [-0.1, -0.05) is 36.9 Å². The fraction of sp³-hybridized carbons (Fsp3) is 0.267. The van der Waals surface area contributed by atoms with E-state index in [4.69, 9.17) is 11.3 Å². The molecule has 1 aromatic rings. The minimum absolute atomic E-state index is 0.0744. The van der Waals surface area contributed by atoms with Crippen molar-refractivity contribution in [2.24, 2.45) is 5.73 Å². The smallest absolute Gasteiger partial charge is 0.441 e. The molecule has 110 valence electrons. The van der Waals surface area contributed by atoms with Crippen LogP contribution in [0, 0.1) is 6.92 Å². The van der Waals surface area contributed by atoms with Crippen molar-refractivity contribution in [1.82, 2.24) is 0 Å². The number of nitrogens with zero attached hydrogens (tertiary/aromatic N) is 2. The third-order valence-corrected chi connectivity index (χ3v) is 2.88. The summed E-state index contributed by atoms with van der Waals surface area (Å²) in [6.45, 7) is 5.18. The minimum Gasteiger partial charge on any atom is -0.453 e. The van der Waals surface area contributed by atoms with Gasteiger partial charge in [0.25, 0.3) is 5.78 Å². The highest BCUT2D eigenvalue weighted by atomic mass is 16.5. The Balaban J connectivity index is 2.80. The first-order chi connectivity index (χ1) is 10.0. The standard InChI is InChI=1S/C15H17N3O3/c1-3-8-21-15(20)14(18-17)13(19)9-12(16)11-7-5-4-6-10(11)2/h3-7,12H,1,8-9,16H2,2H3/t12-/m1/s1. The predicted octanol–water partition coefficient (Wildman–Crippen LogP) is 1.35. The van der Waals surface area contributed by atoms with Crippen molar-refractivity contribution in [3.63, 3.8) is 0 Å². The van der Waals surface area contributed by atoms with Crippen LogP contribution in [0.2, 0.25) is 0 Å². The number of benzene rings is 1. The van der Waals surface area contributed by atoms with Gasteiger partial charge < -0.3 is 16.0 Å². The molecule has 0 unspecified atom stereocenters. The zero-order chi connectivity index (χ0) is 15.8. The highest BCUT2D eigenvalue weighted by molar-refractivity contribution is 6.62. The van der Waals surface area contributed by atoms with E-state index in [0.717, 1.165) is 11.1 Å². The van der Waals surface area contributed by atoms with Gasteiger partial charge in [0.2, 0.25) is 0 Å². The van der Waals surface area contributed by atoms with Gasteiger partial charge in [-0.15, -0.1) is 0 Å². The van der Waals surface area contributed by atoms with Crippen LogP contribution in [0.4, 0.5) is 0 Å². The minimum atomic E-state index is -1.00. The van der Waals surface area contributed by atoms with E-state index in [1.165, 1.54) is 6.08 Å². The van der Waals surface area contributed by atoms with E-state index >= 15 is 0 Å². The lowest BCUT2D eigenvalue weighted by molar-refractivity contribution is -0.141. The van der Waals surface area contributed by atoms with Crippen LogP contribution in [-0.4, -0.2) is 28.9 Å². The Labute approximate surface area is 122 Å². The second-order valence-electron chi connectivity index (χ2n) is 4.43. The van der Waals surface area contributed by atoms with Crippen LogP contribution in [0.25, 0.3) is 5.53 Å².